The van der Waals surface area contributed by atoms with E-state index in [0.29, 0.717) is 25.9 Å². The number of carbonyl (C=O) groups is 1. The number of rotatable bonds is 4. The van der Waals surface area contributed by atoms with Gasteiger partial charge in [-0.3, -0.25) is 4.79 Å². The SMILES string of the molecule is CC1(NCC(=O)N2C[C@@H](F)C[C@H]2C#N)CCN(S(C)(=O)=O)CC1. The van der Waals surface area contributed by atoms with Crippen molar-refractivity contribution in [3.8, 4) is 6.07 Å². The molecule has 2 saturated heterocycles. The van der Waals surface area contributed by atoms with Gasteiger partial charge in [0.1, 0.15) is 12.2 Å². The third-order valence-electron chi connectivity index (χ3n) is 4.68. The second kappa shape index (κ2) is 6.71. The van der Waals surface area contributed by atoms with E-state index in [-0.39, 0.29) is 31.0 Å². The van der Waals surface area contributed by atoms with Crippen molar-refractivity contribution in [1.29, 1.82) is 5.26 Å². The Morgan fingerprint density at radius 1 is 1.43 bits per heavy atom. The van der Waals surface area contributed by atoms with Crippen LogP contribution in [0.4, 0.5) is 4.39 Å². The second-order valence-electron chi connectivity index (χ2n) is 6.60. The normalized spacial score (nSPS) is 28.5. The van der Waals surface area contributed by atoms with Crippen LogP contribution in [0.15, 0.2) is 0 Å². The minimum absolute atomic E-state index is 0.0281. The van der Waals surface area contributed by atoms with Crippen LogP contribution in [0, 0.1) is 11.3 Å². The minimum atomic E-state index is -3.18. The fourth-order valence-corrected chi connectivity index (χ4v) is 3.91. The van der Waals surface area contributed by atoms with E-state index >= 15 is 0 Å². The molecular weight excluding hydrogens is 323 g/mol. The summed E-state index contributed by atoms with van der Waals surface area (Å²) in [6.07, 6.45) is 1.32. The van der Waals surface area contributed by atoms with E-state index in [1.807, 2.05) is 13.0 Å². The van der Waals surface area contributed by atoms with Crippen molar-refractivity contribution >= 4 is 15.9 Å². The summed E-state index contributed by atoms with van der Waals surface area (Å²) < 4.78 is 37.8. The molecular formula is C14H23FN4O3S. The van der Waals surface area contributed by atoms with E-state index in [9.17, 15) is 17.6 Å². The van der Waals surface area contributed by atoms with E-state index in [0.717, 1.165) is 0 Å². The number of nitriles is 1. The van der Waals surface area contributed by atoms with Gasteiger partial charge in [-0.05, 0) is 19.8 Å². The van der Waals surface area contributed by atoms with Gasteiger partial charge in [0.15, 0.2) is 0 Å². The Labute approximate surface area is 136 Å². The van der Waals surface area contributed by atoms with Crippen molar-refractivity contribution in [3.63, 3.8) is 0 Å². The molecule has 0 aromatic rings. The first kappa shape index (κ1) is 18.1. The van der Waals surface area contributed by atoms with Crippen LogP contribution in [-0.2, 0) is 14.8 Å². The lowest BCUT2D eigenvalue weighted by molar-refractivity contribution is -0.130. The van der Waals surface area contributed by atoms with Gasteiger partial charge in [-0.15, -0.1) is 0 Å². The molecule has 130 valence electrons. The first-order chi connectivity index (χ1) is 10.6. The van der Waals surface area contributed by atoms with Crippen molar-refractivity contribution in [3.05, 3.63) is 0 Å². The topological polar surface area (TPSA) is 93.5 Å². The summed E-state index contributed by atoms with van der Waals surface area (Å²) in [4.78, 5) is 13.5. The molecule has 0 aromatic carbocycles. The lowest BCUT2D eigenvalue weighted by atomic mass is 9.90. The molecule has 2 aliphatic heterocycles. The minimum Gasteiger partial charge on any atom is -0.323 e. The molecule has 1 amide bonds. The van der Waals surface area contributed by atoms with Gasteiger partial charge in [0, 0.05) is 25.0 Å². The molecule has 0 saturated carbocycles. The maximum Gasteiger partial charge on any atom is 0.237 e. The van der Waals surface area contributed by atoms with Crippen LogP contribution in [0.5, 0.6) is 0 Å². The molecule has 0 bridgehead atoms. The number of amides is 1. The average molecular weight is 346 g/mol. The van der Waals surface area contributed by atoms with Crippen LogP contribution in [0.25, 0.3) is 0 Å². The predicted octanol–water partition coefficient (Wildman–Crippen LogP) is -0.147. The molecule has 7 nitrogen and oxygen atoms in total. The molecule has 2 atom stereocenters. The first-order valence-electron chi connectivity index (χ1n) is 7.68. The van der Waals surface area contributed by atoms with Crippen molar-refractivity contribution in [2.45, 2.75) is 43.9 Å². The second-order valence-corrected chi connectivity index (χ2v) is 8.58. The lowest BCUT2D eigenvalue weighted by Gasteiger charge is -2.39. The quantitative estimate of drug-likeness (QED) is 0.764. The third-order valence-corrected chi connectivity index (χ3v) is 5.98. The molecule has 0 aromatic heterocycles. The monoisotopic (exact) mass is 346 g/mol. The highest BCUT2D eigenvalue weighted by molar-refractivity contribution is 7.88. The van der Waals surface area contributed by atoms with Gasteiger partial charge in [-0.25, -0.2) is 17.1 Å². The molecule has 9 heteroatoms. The predicted molar refractivity (Wildman–Crippen MR) is 82.7 cm³/mol. The Morgan fingerprint density at radius 3 is 2.57 bits per heavy atom. The molecule has 0 spiro atoms. The van der Waals surface area contributed by atoms with Gasteiger partial charge in [0.05, 0.1) is 25.4 Å². The molecule has 1 N–H and O–H groups in total. The molecule has 0 unspecified atom stereocenters. The number of halogens is 1. The Balaban J connectivity index is 1.86. The van der Waals surface area contributed by atoms with E-state index < -0.39 is 22.2 Å². The number of carbonyl (C=O) groups excluding carboxylic acids is 1. The molecule has 2 heterocycles. The number of hydrogen-bond donors (Lipinski definition) is 1. The Morgan fingerprint density at radius 2 is 2.04 bits per heavy atom. The Hall–Kier alpha value is -1.24. The van der Waals surface area contributed by atoms with Crippen LogP contribution in [0.1, 0.15) is 26.2 Å². The fraction of sp³-hybridized carbons (Fsp3) is 0.857. The molecule has 0 radical (unpaired) electrons. The van der Waals surface area contributed by atoms with Crippen molar-refractivity contribution in [2.75, 3.05) is 32.4 Å². The molecule has 2 aliphatic rings. The van der Waals surface area contributed by atoms with E-state index in [4.69, 9.17) is 5.26 Å². The maximum absolute atomic E-state index is 13.4. The van der Waals surface area contributed by atoms with Crippen molar-refractivity contribution in [1.82, 2.24) is 14.5 Å². The van der Waals surface area contributed by atoms with Gasteiger partial charge in [0.25, 0.3) is 0 Å². The van der Waals surface area contributed by atoms with Crippen LogP contribution >= 0.6 is 0 Å². The standard InChI is InChI=1S/C14H23FN4O3S/c1-14(3-5-18(6-4-14)23(2,21)22)17-9-13(20)19-10-11(15)7-12(19)8-16/h11-12,17H,3-7,9-10H2,1-2H3/t11-,12-/m0/s1. The highest BCUT2D eigenvalue weighted by atomic mass is 32.2. The summed E-state index contributed by atoms with van der Waals surface area (Å²) in [5.74, 6) is -0.288. The zero-order valence-corrected chi connectivity index (χ0v) is 14.3. The van der Waals surface area contributed by atoms with Crippen LogP contribution in [-0.4, -0.2) is 73.7 Å². The van der Waals surface area contributed by atoms with Gasteiger partial charge < -0.3 is 10.2 Å². The Kier molecular flexibility index (Phi) is 5.28. The zero-order valence-electron chi connectivity index (χ0n) is 13.5. The molecule has 2 fully saturated rings. The van der Waals surface area contributed by atoms with Crippen LogP contribution < -0.4 is 5.32 Å². The maximum atomic E-state index is 13.4. The van der Waals surface area contributed by atoms with E-state index in [1.165, 1.54) is 15.5 Å². The van der Waals surface area contributed by atoms with Gasteiger partial charge in [-0.1, -0.05) is 0 Å². The Bertz CT molecular complexity index is 596. The molecule has 2 rings (SSSR count). The summed E-state index contributed by atoms with van der Waals surface area (Å²) in [7, 11) is -3.18. The summed E-state index contributed by atoms with van der Waals surface area (Å²) in [6, 6.07) is 1.26. The largest absolute Gasteiger partial charge is 0.323 e. The number of alkyl halides is 1. The van der Waals surface area contributed by atoms with Gasteiger partial charge in [-0.2, -0.15) is 5.26 Å². The smallest absolute Gasteiger partial charge is 0.237 e. The number of sulfonamides is 1. The first-order valence-corrected chi connectivity index (χ1v) is 9.53. The zero-order chi connectivity index (χ0) is 17.3. The number of hydrogen-bond acceptors (Lipinski definition) is 5. The number of nitrogens with zero attached hydrogens (tertiary/aromatic N) is 3. The summed E-state index contributed by atoms with van der Waals surface area (Å²) in [6.45, 7) is 2.77. The number of piperidine rings is 1. The van der Waals surface area contributed by atoms with E-state index in [2.05, 4.69) is 5.32 Å². The highest BCUT2D eigenvalue weighted by Gasteiger charge is 2.37. The summed E-state index contributed by atoms with van der Waals surface area (Å²) in [5, 5.41) is 12.1. The summed E-state index contributed by atoms with van der Waals surface area (Å²) in [5.41, 5.74) is -0.339. The van der Waals surface area contributed by atoms with Crippen LogP contribution in [0.3, 0.4) is 0 Å². The third kappa shape index (κ3) is 4.40. The van der Waals surface area contributed by atoms with Gasteiger partial charge >= 0.3 is 0 Å². The average Bonchev–Trinajstić information content (AvgIpc) is 2.85. The highest BCUT2D eigenvalue weighted by Crippen LogP contribution is 2.24. The summed E-state index contributed by atoms with van der Waals surface area (Å²) >= 11 is 0. The van der Waals surface area contributed by atoms with E-state index in [1.54, 1.807) is 0 Å². The van der Waals surface area contributed by atoms with Crippen molar-refractivity contribution in [2.24, 2.45) is 0 Å². The fourth-order valence-electron chi connectivity index (χ4n) is 3.06. The number of nitrogens with one attached hydrogen (secondary N) is 1. The van der Waals surface area contributed by atoms with Crippen molar-refractivity contribution < 1.29 is 17.6 Å². The molecule has 23 heavy (non-hydrogen) atoms. The number of likely N-dealkylation sites (tertiary alicyclic amines) is 1. The molecule has 0 aliphatic carbocycles. The van der Waals surface area contributed by atoms with Gasteiger partial charge in [0.2, 0.25) is 15.9 Å². The van der Waals surface area contributed by atoms with Crippen LogP contribution in [0.2, 0.25) is 0 Å². The lowest BCUT2D eigenvalue weighted by Crippen LogP contribution is -2.55.